The van der Waals surface area contributed by atoms with Crippen LogP contribution >= 0.6 is 0 Å². The fraction of sp³-hybridized carbons (Fsp3) is 0.368. The molecule has 0 fully saturated rings. The van der Waals surface area contributed by atoms with Crippen LogP contribution in [-0.4, -0.2) is 42.5 Å². The smallest absolute Gasteiger partial charge is 0.254 e. The maximum Gasteiger partial charge on any atom is 0.254 e. The summed E-state index contributed by atoms with van der Waals surface area (Å²) in [5.74, 6) is 1.62. The highest BCUT2D eigenvalue weighted by atomic mass is 16.5. The Labute approximate surface area is 143 Å². The molecule has 128 valence electrons. The first-order chi connectivity index (χ1) is 11.7. The van der Waals surface area contributed by atoms with E-state index < -0.39 is 0 Å². The molecule has 0 saturated carbocycles. The minimum atomic E-state index is 0.0422. The Kier molecular flexibility index (Phi) is 6.61. The number of methoxy groups -OCH3 is 1. The van der Waals surface area contributed by atoms with Crippen molar-refractivity contribution < 1.29 is 9.53 Å². The lowest BCUT2D eigenvalue weighted by Gasteiger charge is -2.18. The maximum absolute atomic E-state index is 12.4. The molecule has 2 aromatic rings. The van der Waals surface area contributed by atoms with Gasteiger partial charge in [0.15, 0.2) is 0 Å². The molecule has 1 amide bonds. The van der Waals surface area contributed by atoms with Crippen LogP contribution in [0.2, 0.25) is 0 Å². The van der Waals surface area contributed by atoms with Crippen molar-refractivity contribution in [1.82, 2.24) is 9.88 Å². The van der Waals surface area contributed by atoms with Crippen molar-refractivity contribution >= 4 is 11.7 Å². The van der Waals surface area contributed by atoms with Crippen molar-refractivity contribution in [2.75, 3.05) is 32.1 Å². The molecule has 0 spiro atoms. The minimum absolute atomic E-state index is 0.0422. The van der Waals surface area contributed by atoms with Crippen molar-refractivity contribution in [1.29, 1.82) is 0 Å². The van der Waals surface area contributed by atoms with Gasteiger partial charge in [-0.2, -0.15) is 0 Å². The highest BCUT2D eigenvalue weighted by molar-refractivity contribution is 5.94. The number of ether oxygens (including phenoxy) is 1. The monoisotopic (exact) mass is 327 g/mol. The number of amides is 1. The second-order valence-corrected chi connectivity index (χ2v) is 5.43. The number of pyridine rings is 1. The minimum Gasteiger partial charge on any atom is -0.497 e. The third-order valence-corrected chi connectivity index (χ3v) is 3.94. The summed E-state index contributed by atoms with van der Waals surface area (Å²) in [5.41, 5.74) is 1.89. The standard InChI is InChI=1S/C19H25N3O2/c1-4-22(5-2)19(23)16-11-13-21-18(14-16)20-12-10-15-6-8-17(24-3)9-7-15/h6-9,11,13-14H,4-5,10,12H2,1-3H3,(H,20,21). The first kappa shape index (κ1) is 17.8. The van der Waals surface area contributed by atoms with Crippen LogP contribution in [0.25, 0.3) is 0 Å². The Morgan fingerprint density at radius 1 is 1.17 bits per heavy atom. The summed E-state index contributed by atoms with van der Waals surface area (Å²) < 4.78 is 5.15. The normalized spacial score (nSPS) is 10.3. The molecule has 1 aromatic carbocycles. The highest BCUT2D eigenvalue weighted by Gasteiger charge is 2.12. The van der Waals surface area contributed by atoms with Gasteiger partial charge in [0.05, 0.1) is 7.11 Å². The van der Waals surface area contributed by atoms with E-state index in [0.717, 1.165) is 24.5 Å². The fourth-order valence-electron chi connectivity index (χ4n) is 2.48. The topological polar surface area (TPSA) is 54.5 Å². The Balaban J connectivity index is 1.93. The molecule has 1 heterocycles. The lowest BCUT2D eigenvalue weighted by atomic mass is 10.1. The summed E-state index contributed by atoms with van der Waals surface area (Å²) >= 11 is 0. The summed E-state index contributed by atoms with van der Waals surface area (Å²) in [7, 11) is 1.66. The number of hydrogen-bond donors (Lipinski definition) is 1. The number of nitrogens with one attached hydrogen (secondary N) is 1. The van der Waals surface area contributed by atoms with Crippen LogP contribution in [-0.2, 0) is 6.42 Å². The van der Waals surface area contributed by atoms with Crippen molar-refractivity contribution in [2.45, 2.75) is 20.3 Å². The summed E-state index contributed by atoms with van der Waals surface area (Å²) in [6, 6.07) is 11.6. The average molecular weight is 327 g/mol. The number of benzene rings is 1. The van der Waals surface area contributed by atoms with E-state index in [1.165, 1.54) is 5.56 Å². The van der Waals surface area contributed by atoms with Crippen LogP contribution in [0.3, 0.4) is 0 Å². The summed E-state index contributed by atoms with van der Waals surface area (Å²) in [6.07, 6.45) is 2.55. The van der Waals surface area contributed by atoms with E-state index in [1.54, 1.807) is 24.3 Å². The molecule has 0 aliphatic heterocycles. The number of hydrogen-bond acceptors (Lipinski definition) is 4. The Morgan fingerprint density at radius 3 is 2.50 bits per heavy atom. The van der Waals surface area contributed by atoms with Gasteiger partial charge in [-0.15, -0.1) is 0 Å². The van der Waals surface area contributed by atoms with Crippen molar-refractivity contribution in [3.8, 4) is 5.75 Å². The van der Waals surface area contributed by atoms with Crippen LogP contribution in [0.1, 0.15) is 29.8 Å². The predicted molar refractivity (Wildman–Crippen MR) is 96.7 cm³/mol. The van der Waals surface area contributed by atoms with E-state index >= 15 is 0 Å². The quantitative estimate of drug-likeness (QED) is 0.809. The Bertz CT molecular complexity index is 652. The van der Waals surface area contributed by atoms with Gasteiger partial charge in [-0.25, -0.2) is 4.98 Å². The number of rotatable bonds is 8. The SMILES string of the molecule is CCN(CC)C(=O)c1ccnc(NCCc2ccc(OC)cc2)c1. The van der Waals surface area contributed by atoms with Gasteiger partial charge in [0.25, 0.3) is 5.91 Å². The molecule has 5 nitrogen and oxygen atoms in total. The first-order valence-electron chi connectivity index (χ1n) is 8.30. The molecular weight excluding hydrogens is 302 g/mol. The molecule has 0 aliphatic carbocycles. The summed E-state index contributed by atoms with van der Waals surface area (Å²) in [4.78, 5) is 18.5. The van der Waals surface area contributed by atoms with E-state index in [0.29, 0.717) is 18.7 Å². The number of carbonyl (C=O) groups excluding carboxylic acids is 1. The zero-order valence-corrected chi connectivity index (χ0v) is 14.6. The molecule has 0 radical (unpaired) electrons. The highest BCUT2D eigenvalue weighted by Crippen LogP contribution is 2.13. The van der Waals surface area contributed by atoms with E-state index in [-0.39, 0.29) is 5.91 Å². The third kappa shape index (κ3) is 4.72. The number of aromatic nitrogens is 1. The van der Waals surface area contributed by atoms with Crippen LogP contribution in [0, 0.1) is 0 Å². The van der Waals surface area contributed by atoms with Gasteiger partial charge in [-0.1, -0.05) is 12.1 Å². The molecule has 0 bridgehead atoms. The second kappa shape index (κ2) is 8.91. The molecule has 0 unspecified atom stereocenters. The largest absolute Gasteiger partial charge is 0.497 e. The second-order valence-electron chi connectivity index (χ2n) is 5.43. The van der Waals surface area contributed by atoms with Gasteiger partial charge >= 0.3 is 0 Å². The average Bonchev–Trinajstić information content (AvgIpc) is 2.63. The maximum atomic E-state index is 12.4. The molecule has 0 aliphatic rings. The van der Waals surface area contributed by atoms with E-state index in [1.807, 2.05) is 44.2 Å². The predicted octanol–water partition coefficient (Wildman–Crippen LogP) is 3.23. The Morgan fingerprint density at radius 2 is 1.88 bits per heavy atom. The molecule has 2 rings (SSSR count). The van der Waals surface area contributed by atoms with E-state index in [4.69, 9.17) is 4.74 Å². The van der Waals surface area contributed by atoms with Crippen LogP contribution < -0.4 is 10.1 Å². The van der Waals surface area contributed by atoms with Gasteiger partial charge in [-0.05, 0) is 50.1 Å². The number of nitrogens with zero attached hydrogens (tertiary/aromatic N) is 2. The van der Waals surface area contributed by atoms with Crippen LogP contribution in [0.15, 0.2) is 42.6 Å². The molecule has 0 saturated heterocycles. The molecule has 1 aromatic heterocycles. The van der Waals surface area contributed by atoms with Gasteiger partial charge in [0.2, 0.25) is 0 Å². The van der Waals surface area contributed by atoms with Gasteiger partial charge in [0.1, 0.15) is 11.6 Å². The van der Waals surface area contributed by atoms with Crippen molar-refractivity contribution in [3.63, 3.8) is 0 Å². The molecular formula is C19H25N3O2. The molecule has 1 N–H and O–H groups in total. The Hall–Kier alpha value is -2.56. The lowest BCUT2D eigenvalue weighted by molar-refractivity contribution is 0.0773. The van der Waals surface area contributed by atoms with Crippen LogP contribution in [0.4, 0.5) is 5.82 Å². The van der Waals surface area contributed by atoms with Crippen LogP contribution in [0.5, 0.6) is 5.75 Å². The summed E-state index contributed by atoms with van der Waals surface area (Å²) in [6.45, 7) is 6.13. The fourth-order valence-corrected chi connectivity index (χ4v) is 2.48. The van der Waals surface area contributed by atoms with Gasteiger partial charge in [0, 0.05) is 31.4 Å². The lowest BCUT2D eigenvalue weighted by Crippen LogP contribution is -2.30. The van der Waals surface area contributed by atoms with Crippen molar-refractivity contribution in [3.05, 3.63) is 53.7 Å². The van der Waals surface area contributed by atoms with Crippen molar-refractivity contribution in [2.24, 2.45) is 0 Å². The molecule has 0 atom stereocenters. The summed E-state index contributed by atoms with van der Waals surface area (Å²) in [5, 5.41) is 3.28. The number of anilines is 1. The number of carbonyl (C=O) groups is 1. The molecule has 24 heavy (non-hydrogen) atoms. The zero-order valence-electron chi connectivity index (χ0n) is 14.6. The van der Waals surface area contributed by atoms with Gasteiger partial charge in [-0.3, -0.25) is 4.79 Å². The molecule has 5 heteroatoms. The van der Waals surface area contributed by atoms with E-state index in [9.17, 15) is 4.79 Å². The third-order valence-electron chi connectivity index (χ3n) is 3.94. The van der Waals surface area contributed by atoms with Gasteiger partial charge < -0.3 is 15.0 Å². The first-order valence-corrected chi connectivity index (χ1v) is 8.30. The zero-order chi connectivity index (χ0) is 17.4. The van der Waals surface area contributed by atoms with E-state index in [2.05, 4.69) is 10.3 Å².